The van der Waals surface area contributed by atoms with Crippen molar-refractivity contribution >= 4 is 22.4 Å². The number of aryl methyl sites for hydroxylation is 1. The van der Waals surface area contributed by atoms with Gasteiger partial charge in [0.05, 0.1) is 16.8 Å². The minimum Gasteiger partial charge on any atom is -0.300 e. The highest BCUT2D eigenvalue weighted by atomic mass is 32.1. The van der Waals surface area contributed by atoms with Crippen molar-refractivity contribution in [3.8, 4) is 10.4 Å². The number of amides is 1. The van der Waals surface area contributed by atoms with Gasteiger partial charge in [0.25, 0.3) is 0 Å². The molecular formula is C22H20N4OS. The molecule has 0 saturated heterocycles. The molecule has 0 unspecified atom stereocenters. The van der Waals surface area contributed by atoms with E-state index in [-0.39, 0.29) is 12.5 Å². The monoisotopic (exact) mass is 388 g/mol. The van der Waals surface area contributed by atoms with Gasteiger partial charge in [0.1, 0.15) is 6.54 Å². The number of carbonyl (C=O) groups excluding carboxylic acids is 1. The molecule has 4 rings (SSSR count). The number of hydrogen-bond acceptors (Lipinski definition) is 4. The maximum atomic E-state index is 12.4. The predicted octanol–water partition coefficient (Wildman–Crippen LogP) is 4.54. The van der Waals surface area contributed by atoms with E-state index < -0.39 is 0 Å². The average Bonchev–Trinajstić information content (AvgIpc) is 3.29. The van der Waals surface area contributed by atoms with Gasteiger partial charge in [-0.15, -0.1) is 0 Å². The van der Waals surface area contributed by atoms with Gasteiger partial charge in [0.2, 0.25) is 5.91 Å². The van der Waals surface area contributed by atoms with Gasteiger partial charge in [-0.2, -0.15) is 5.10 Å². The zero-order valence-corrected chi connectivity index (χ0v) is 16.3. The van der Waals surface area contributed by atoms with Crippen LogP contribution in [0.5, 0.6) is 0 Å². The number of anilines is 1. The Morgan fingerprint density at radius 1 is 1.07 bits per heavy atom. The van der Waals surface area contributed by atoms with Crippen molar-refractivity contribution in [2.24, 2.45) is 0 Å². The molecule has 0 aliphatic heterocycles. The average molecular weight is 388 g/mol. The Hall–Kier alpha value is -3.25. The maximum Gasteiger partial charge on any atom is 0.247 e. The number of thiazole rings is 1. The topological polar surface area (TPSA) is 59.8 Å². The third-order valence-electron chi connectivity index (χ3n) is 4.26. The summed E-state index contributed by atoms with van der Waals surface area (Å²) in [4.78, 5) is 18.2. The standard InChI is InChI=1S/C22H20N4OS/c1-16-13-23-26(14-16)15-20(27)25-22-24-19(12-17-8-4-2-5-9-17)21(28-22)18-10-6-3-7-11-18/h2-11,13-14H,12,15H2,1H3,(H,24,25,27). The molecule has 2 aromatic carbocycles. The maximum absolute atomic E-state index is 12.4. The number of nitrogens with zero attached hydrogens (tertiary/aromatic N) is 3. The second kappa shape index (κ2) is 8.19. The predicted molar refractivity (Wildman–Crippen MR) is 112 cm³/mol. The molecule has 1 amide bonds. The van der Waals surface area contributed by atoms with Crippen LogP contribution in [0.1, 0.15) is 16.8 Å². The van der Waals surface area contributed by atoms with Crippen LogP contribution in [0.25, 0.3) is 10.4 Å². The third kappa shape index (κ3) is 4.35. The zero-order valence-electron chi connectivity index (χ0n) is 15.5. The molecule has 4 aromatic rings. The summed E-state index contributed by atoms with van der Waals surface area (Å²) in [6, 6.07) is 20.4. The van der Waals surface area contributed by atoms with E-state index in [0.717, 1.165) is 28.1 Å². The Kier molecular flexibility index (Phi) is 5.30. The van der Waals surface area contributed by atoms with Crippen molar-refractivity contribution in [2.75, 3.05) is 5.32 Å². The second-order valence-electron chi connectivity index (χ2n) is 6.59. The molecule has 0 atom stereocenters. The van der Waals surface area contributed by atoms with Gasteiger partial charge >= 0.3 is 0 Å². The molecule has 2 heterocycles. The van der Waals surface area contributed by atoms with Crippen LogP contribution in [0, 0.1) is 6.92 Å². The Morgan fingerprint density at radius 3 is 2.46 bits per heavy atom. The number of rotatable bonds is 6. The highest BCUT2D eigenvalue weighted by molar-refractivity contribution is 7.19. The minimum atomic E-state index is -0.136. The largest absolute Gasteiger partial charge is 0.300 e. The number of aromatic nitrogens is 3. The van der Waals surface area contributed by atoms with E-state index in [1.807, 2.05) is 49.5 Å². The van der Waals surface area contributed by atoms with E-state index in [1.54, 1.807) is 10.9 Å². The Morgan fingerprint density at radius 2 is 1.79 bits per heavy atom. The fourth-order valence-electron chi connectivity index (χ4n) is 2.99. The van der Waals surface area contributed by atoms with Gasteiger partial charge in [-0.25, -0.2) is 4.98 Å². The third-order valence-corrected chi connectivity index (χ3v) is 5.32. The fraction of sp³-hybridized carbons (Fsp3) is 0.136. The summed E-state index contributed by atoms with van der Waals surface area (Å²) in [7, 11) is 0. The highest BCUT2D eigenvalue weighted by Gasteiger charge is 2.15. The van der Waals surface area contributed by atoms with E-state index in [9.17, 15) is 4.79 Å². The van der Waals surface area contributed by atoms with Crippen LogP contribution in [0.3, 0.4) is 0 Å². The lowest BCUT2D eigenvalue weighted by atomic mass is 10.1. The van der Waals surface area contributed by atoms with Crippen LogP contribution >= 0.6 is 11.3 Å². The van der Waals surface area contributed by atoms with Gasteiger partial charge < -0.3 is 5.32 Å². The van der Waals surface area contributed by atoms with Crippen LogP contribution in [-0.2, 0) is 17.8 Å². The normalized spacial score (nSPS) is 10.8. The number of hydrogen-bond donors (Lipinski definition) is 1. The van der Waals surface area contributed by atoms with Crippen molar-refractivity contribution in [1.29, 1.82) is 0 Å². The summed E-state index contributed by atoms with van der Waals surface area (Å²) in [5.74, 6) is -0.136. The van der Waals surface area contributed by atoms with Crippen LogP contribution in [0.4, 0.5) is 5.13 Å². The Labute approximate surface area is 167 Å². The summed E-state index contributed by atoms with van der Waals surface area (Å²) in [6.45, 7) is 2.12. The van der Waals surface area contributed by atoms with Crippen molar-refractivity contribution in [3.63, 3.8) is 0 Å². The Bertz CT molecular complexity index is 1070. The molecule has 0 saturated carbocycles. The molecule has 0 radical (unpaired) electrons. The molecule has 0 aliphatic rings. The fourth-order valence-corrected chi connectivity index (χ4v) is 3.99. The first-order valence-corrected chi connectivity index (χ1v) is 9.87. The summed E-state index contributed by atoms with van der Waals surface area (Å²) >= 11 is 1.50. The van der Waals surface area contributed by atoms with E-state index in [1.165, 1.54) is 16.9 Å². The molecule has 1 N–H and O–H groups in total. The molecule has 0 spiro atoms. The quantitative estimate of drug-likeness (QED) is 0.527. The Balaban J connectivity index is 1.58. The van der Waals surface area contributed by atoms with Gasteiger partial charge in [-0.3, -0.25) is 9.48 Å². The van der Waals surface area contributed by atoms with Crippen LogP contribution in [-0.4, -0.2) is 20.7 Å². The molecule has 6 heteroatoms. The molecule has 0 fully saturated rings. The lowest BCUT2D eigenvalue weighted by Crippen LogP contribution is -2.18. The van der Waals surface area contributed by atoms with Gasteiger partial charge in [0.15, 0.2) is 5.13 Å². The first-order chi connectivity index (χ1) is 13.7. The van der Waals surface area contributed by atoms with E-state index in [2.05, 4.69) is 34.7 Å². The van der Waals surface area contributed by atoms with Crippen LogP contribution < -0.4 is 5.32 Å². The smallest absolute Gasteiger partial charge is 0.247 e. The summed E-state index contributed by atoms with van der Waals surface area (Å²) in [6.07, 6.45) is 4.30. The second-order valence-corrected chi connectivity index (χ2v) is 7.59. The van der Waals surface area contributed by atoms with E-state index in [4.69, 9.17) is 4.98 Å². The molecule has 2 aromatic heterocycles. The number of benzene rings is 2. The van der Waals surface area contributed by atoms with Crippen molar-refractivity contribution in [3.05, 3.63) is 89.9 Å². The lowest BCUT2D eigenvalue weighted by molar-refractivity contribution is -0.116. The van der Waals surface area contributed by atoms with Gasteiger partial charge in [-0.1, -0.05) is 72.0 Å². The molecule has 140 valence electrons. The van der Waals surface area contributed by atoms with Crippen molar-refractivity contribution < 1.29 is 4.79 Å². The van der Waals surface area contributed by atoms with E-state index in [0.29, 0.717) is 5.13 Å². The molecule has 0 bridgehead atoms. The van der Waals surface area contributed by atoms with Gasteiger partial charge in [0, 0.05) is 12.6 Å². The van der Waals surface area contributed by atoms with Gasteiger partial charge in [-0.05, 0) is 23.6 Å². The number of carbonyl (C=O) groups is 1. The van der Waals surface area contributed by atoms with Crippen molar-refractivity contribution in [1.82, 2.24) is 14.8 Å². The molecular weight excluding hydrogens is 368 g/mol. The highest BCUT2D eigenvalue weighted by Crippen LogP contribution is 2.34. The van der Waals surface area contributed by atoms with Crippen molar-refractivity contribution in [2.45, 2.75) is 19.9 Å². The molecule has 0 aliphatic carbocycles. The SMILES string of the molecule is Cc1cnn(CC(=O)Nc2nc(Cc3ccccc3)c(-c3ccccc3)s2)c1. The first kappa shape index (κ1) is 18.1. The van der Waals surface area contributed by atoms with Crippen LogP contribution in [0.15, 0.2) is 73.1 Å². The van der Waals surface area contributed by atoms with Crippen LogP contribution in [0.2, 0.25) is 0 Å². The van der Waals surface area contributed by atoms with E-state index >= 15 is 0 Å². The summed E-state index contributed by atoms with van der Waals surface area (Å²) in [5.41, 5.74) is 4.29. The summed E-state index contributed by atoms with van der Waals surface area (Å²) < 4.78 is 1.63. The molecule has 28 heavy (non-hydrogen) atoms. The zero-order chi connectivity index (χ0) is 19.3. The minimum absolute atomic E-state index is 0.136. The summed E-state index contributed by atoms with van der Waals surface area (Å²) in [5, 5.41) is 7.70. The molecule has 5 nitrogen and oxygen atoms in total. The number of nitrogens with one attached hydrogen (secondary N) is 1. The lowest BCUT2D eigenvalue weighted by Gasteiger charge is -2.02. The first-order valence-electron chi connectivity index (χ1n) is 9.05.